The third-order valence-corrected chi connectivity index (χ3v) is 3.71. The summed E-state index contributed by atoms with van der Waals surface area (Å²) in [6, 6.07) is 0. The van der Waals surface area contributed by atoms with Gasteiger partial charge >= 0.3 is 0 Å². The molecule has 16 heavy (non-hydrogen) atoms. The van der Waals surface area contributed by atoms with Gasteiger partial charge in [0.2, 0.25) is 0 Å². The second kappa shape index (κ2) is 6.38. The van der Waals surface area contributed by atoms with Gasteiger partial charge in [0.1, 0.15) is 0 Å². The molecule has 1 saturated heterocycles. The zero-order valence-electron chi connectivity index (χ0n) is 10.5. The van der Waals surface area contributed by atoms with Crippen LogP contribution in [0.25, 0.3) is 0 Å². The molecule has 2 rings (SSSR count). The molecular formula is C13H25N3. The predicted octanol–water partition coefficient (Wildman–Crippen LogP) is 0.934. The molecule has 0 unspecified atom stereocenters. The van der Waals surface area contributed by atoms with E-state index in [0.717, 1.165) is 0 Å². The van der Waals surface area contributed by atoms with E-state index in [9.17, 15) is 0 Å². The van der Waals surface area contributed by atoms with Crippen molar-refractivity contribution in [2.24, 2.45) is 0 Å². The Morgan fingerprint density at radius 2 is 2.00 bits per heavy atom. The third kappa shape index (κ3) is 3.58. The Labute approximate surface area is 99.5 Å². The monoisotopic (exact) mass is 223 g/mol. The Bertz CT molecular complexity index is 231. The Hall–Kier alpha value is -0.380. The highest BCUT2D eigenvalue weighted by Crippen LogP contribution is 2.13. The van der Waals surface area contributed by atoms with E-state index in [-0.39, 0.29) is 0 Å². The lowest BCUT2D eigenvalue weighted by Gasteiger charge is -2.30. The fraction of sp³-hybridized carbons (Fsp3) is 0.846. The highest BCUT2D eigenvalue weighted by Gasteiger charge is 2.13. The van der Waals surface area contributed by atoms with Crippen molar-refractivity contribution >= 4 is 0 Å². The van der Waals surface area contributed by atoms with Gasteiger partial charge in [0.25, 0.3) is 0 Å². The van der Waals surface area contributed by atoms with Crippen LogP contribution in [-0.4, -0.2) is 62.2 Å². The minimum absolute atomic E-state index is 1.17. The molecule has 1 fully saturated rings. The van der Waals surface area contributed by atoms with Gasteiger partial charge in [-0.15, -0.1) is 0 Å². The maximum absolute atomic E-state index is 3.40. The van der Waals surface area contributed by atoms with E-state index in [1.807, 2.05) is 0 Å². The summed E-state index contributed by atoms with van der Waals surface area (Å²) in [6.07, 6.45) is 5.00. The quantitative estimate of drug-likeness (QED) is 0.716. The number of hydrogen-bond donors (Lipinski definition) is 1. The molecule has 0 aromatic carbocycles. The van der Waals surface area contributed by atoms with Crippen molar-refractivity contribution in [1.29, 1.82) is 0 Å². The van der Waals surface area contributed by atoms with Crippen molar-refractivity contribution < 1.29 is 0 Å². The fourth-order valence-electron chi connectivity index (χ4n) is 2.57. The molecule has 0 radical (unpaired) electrons. The molecule has 0 aliphatic carbocycles. The summed E-state index contributed by atoms with van der Waals surface area (Å²) in [7, 11) is 0. The molecule has 0 amide bonds. The first-order valence-electron chi connectivity index (χ1n) is 6.72. The Balaban J connectivity index is 1.70. The largest absolute Gasteiger partial charge is 0.314 e. The molecule has 1 N–H and O–H groups in total. The second-order valence-corrected chi connectivity index (χ2v) is 4.86. The number of likely N-dealkylation sites (N-methyl/N-ethyl adjacent to an activating group) is 1. The van der Waals surface area contributed by atoms with Crippen LogP contribution >= 0.6 is 0 Å². The Kier molecular flexibility index (Phi) is 4.82. The number of rotatable bonds is 4. The molecule has 0 bridgehead atoms. The maximum Gasteiger partial charge on any atom is 0.0193 e. The molecule has 0 aromatic rings. The summed E-state index contributed by atoms with van der Waals surface area (Å²) in [5.41, 5.74) is 1.66. The minimum atomic E-state index is 1.17. The van der Waals surface area contributed by atoms with Crippen molar-refractivity contribution in [3.05, 3.63) is 11.6 Å². The highest BCUT2D eigenvalue weighted by molar-refractivity contribution is 5.08. The van der Waals surface area contributed by atoms with E-state index in [1.54, 1.807) is 5.57 Å². The molecule has 0 aromatic heterocycles. The van der Waals surface area contributed by atoms with Gasteiger partial charge in [-0.2, -0.15) is 0 Å². The minimum Gasteiger partial charge on any atom is -0.314 e. The van der Waals surface area contributed by atoms with Crippen LogP contribution in [0, 0.1) is 0 Å². The van der Waals surface area contributed by atoms with Crippen molar-refractivity contribution in [3.63, 3.8) is 0 Å². The van der Waals surface area contributed by atoms with E-state index in [4.69, 9.17) is 0 Å². The smallest absolute Gasteiger partial charge is 0.0193 e. The van der Waals surface area contributed by atoms with E-state index in [0.29, 0.717) is 0 Å². The average Bonchev–Trinajstić information content (AvgIpc) is 2.38. The van der Waals surface area contributed by atoms with Gasteiger partial charge in [-0.25, -0.2) is 0 Å². The van der Waals surface area contributed by atoms with Crippen LogP contribution in [0.3, 0.4) is 0 Å². The Morgan fingerprint density at radius 3 is 2.75 bits per heavy atom. The van der Waals surface area contributed by atoms with Gasteiger partial charge < -0.3 is 10.2 Å². The normalized spacial score (nSPS) is 24.4. The molecule has 0 saturated carbocycles. The van der Waals surface area contributed by atoms with Gasteiger partial charge in [0, 0.05) is 45.8 Å². The lowest BCUT2D eigenvalue weighted by Crippen LogP contribution is -2.44. The average molecular weight is 223 g/mol. The molecule has 0 atom stereocenters. The fourth-order valence-corrected chi connectivity index (χ4v) is 2.57. The number of nitrogens with zero attached hydrogens (tertiary/aromatic N) is 2. The number of nitrogens with one attached hydrogen (secondary N) is 1. The van der Waals surface area contributed by atoms with Crippen molar-refractivity contribution in [2.75, 3.05) is 52.4 Å². The lowest BCUT2D eigenvalue weighted by atomic mass is 10.1. The van der Waals surface area contributed by atoms with Gasteiger partial charge in [0.15, 0.2) is 0 Å². The maximum atomic E-state index is 3.40. The van der Waals surface area contributed by atoms with E-state index in [1.165, 1.54) is 65.2 Å². The van der Waals surface area contributed by atoms with Gasteiger partial charge in [0.05, 0.1) is 0 Å². The van der Waals surface area contributed by atoms with Gasteiger partial charge in [-0.05, 0) is 19.4 Å². The standard InChI is InChI=1S/C13H25N3/c1-2-15-8-3-4-13(12-15)5-9-16-10-6-14-7-11-16/h4,14H,2-3,5-12H2,1H3. The van der Waals surface area contributed by atoms with Gasteiger partial charge in [-0.3, -0.25) is 4.90 Å². The van der Waals surface area contributed by atoms with Crippen LogP contribution in [0.4, 0.5) is 0 Å². The molecule has 2 heterocycles. The zero-order valence-corrected chi connectivity index (χ0v) is 10.5. The van der Waals surface area contributed by atoms with Crippen molar-refractivity contribution in [3.8, 4) is 0 Å². The summed E-state index contributed by atoms with van der Waals surface area (Å²) in [4.78, 5) is 5.13. The first-order chi connectivity index (χ1) is 7.88. The first-order valence-corrected chi connectivity index (χ1v) is 6.72. The molecule has 3 heteroatoms. The summed E-state index contributed by atoms with van der Waals surface area (Å²) < 4.78 is 0. The van der Waals surface area contributed by atoms with Crippen LogP contribution in [0.2, 0.25) is 0 Å². The third-order valence-electron chi connectivity index (χ3n) is 3.71. The lowest BCUT2D eigenvalue weighted by molar-refractivity contribution is 0.237. The molecule has 0 spiro atoms. The SMILES string of the molecule is CCN1CCC=C(CCN2CCNCC2)C1. The molecular weight excluding hydrogens is 198 g/mol. The van der Waals surface area contributed by atoms with Crippen LogP contribution in [0.15, 0.2) is 11.6 Å². The van der Waals surface area contributed by atoms with Crippen molar-refractivity contribution in [1.82, 2.24) is 15.1 Å². The summed E-state index contributed by atoms with van der Waals surface area (Å²) in [5, 5.41) is 3.40. The number of piperazine rings is 1. The molecule has 92 valence electrons. The van der Waals surface area contributed by atoms with Crippen LogP contribution in [0.1, 0.15) is 19.8 Å². The molecule has 2 aliphatic heterocycles. The summed E-state index contributed by atoms with van der Waals surface area (Å²) in [6.45, 7) is 12.0. The second-order valence-electron chi connectivity index (χ2n) is 4.86. The van der Waals surface area contributed by atoms with Crippen molar-refractivity contribution in [2.45, 2.75) is 19.8 Å². The molecule has 3 nitrogen and oxygen atoms in total. The topological polar surface area (TPSA) is 18.5 Å². The van der Waals surface area contributed by atoms with E-state index in [2.05, 4.69) is 28.1 Å². The summed E-state index contributed by atoms with van der Waals surface area (Å²) in [5.74, 6) is 0. The zero-order chi connectivity index (χ0) is 11.2. The first kappa shape index (κ1) is 12.1. The van der Waals surface area contributed by atoms with Crippen LogP contribution in [0.5, 0.6) is 0 Å². The molecule has 2 aliphatic rings. The van der Waals surface area contributed by atoms with Crippen LogP contribution in [-0.2, 0) is 0 Å². The predicted molar refractivity (Wildman–Crippen MR) is 68.7 cm³/mol. The Morgan fingerprint density at radius 1 is 1.19 bits per heavy atom. The highest BCUT2D eigenvalue weighted by atomic mass is 15.2. The van der Waals surface area contributed by atoms with E-state index < -0.39 is 0 Å². The van der Waals surface area contributed by atoms with Crippen LogP contribution < -0.4 is 5.32 Å². The van der Waals surface area contributed by atoms with Gasteiger partial charge in [-0.1, -0.05) is 18.6 Å². The summed E-state index contributed by atoms with van der Waals surface area (Å²) >= 11 is 0. The number of hydrogen-bond acceptors (Lipinski definition) is 3. The van der Waals surface area contributed by atoms with E-state index >= 15 is 0 Å².